The van der Waals surface area contributed by atoms with Crippen molar-refractivity contribution in [3.63, 3.8) is 0 Å². The van der Waals surface area contributed by atoms with Crippen LogP contribution in [0.25, 0.3) is 0 Å². The fraction of sp³-hybridized carbons (Fsp3) is 0.533. The molecule has 0 aliphatic carbocycles. The van der Waals surface area contributed by atoms with Crippen LogP contribution in [0.2, 0.25) is 0 Å². The van der Waals surface area contributed by atoms with Gasteiger partial charge in [-0.15, -0.1) is 0 Å². The zero-order chi connectivity index (χ0) is 14.5. The first-order valence-electron chi connectivity index (χ1n) is 7.00. The van der Waals surface area contributed by atoms with E-state index in [9.17, 15) is 9.90 Å². The summed E-state index contributed by atoms with van der Waals surface area (Å²) < 4.78 is 5.70. The lowest BCUT2D eigenvalue weighted by atomic mass is 10.2. The lowest BCUT2D eigenvalue weighted by Gasteiger charge is -2.15. The average Bonchev–Trinajstić information content (AvgIpc) is 2.84. The molecule has 3 N–H and O–H groups in total. The van der Waals surface area contributed by atoms with Gasteiger partial charge < -0.3 is 20.5 Å². The monoisotopic (exact) mass is 278 g/mol. The quantitative estimate of drug-likeness (QED) is 0.761. The summed E-state index contributed by atoms with van der Waals surface area (Å²) in [5, 5.41) is 15.3. The Labute approximate surface area is 119 Å². The maximum Gasteiger partial charge on any atom is 0.241 e. The summed E-state index contributed by atoms with van der Waals surface area (Å²) in [5.41, 5.74) is 0.668. The number of carbonyl (C=O) groups is 1. The van der Waals surface area contributed by atoms with Crippen molar-refractivity contribution in [2.45, 2.75) is 32.4 Å². The van der Waals surface area contributed by atoms with Crippen LogP contribution in [0.15, 0.2) is 24.3 Å². The van der Waals surface area contributed by atoms with Crippen LogP contribution in [0.3, 0.4) is 0 Å². The molecule has 0 bridgehead atoms. The van der Waals surface area contributed by atoms with Crippen LogP contribution < -0.4 is 15.4 Å². The Kier molecular flexibility index (Phi) is 4.98. The van der Waals surface area contributed by atoms with E-state index in [0.29, 0.717) is 36.9 Å². The van der Waals surface area contributed by atoms with Gasteiger partial charge in [0, 0.05) is 6.54 Å². The number of aliphatic hydroxyl groups is 1. The first-order chi connectivity index (χ1) is 9.56. The number of β-amino-alcohol motifs (C(OH)–C–C–N with tert-alkyl or cyclic N) is 1. The molecule has 1 fully saturated rings. The minimum Gasteiger partial charge on any atom is -0.491 e. The number of aliphatic hydroxyl groups excluding tert-OH is 1. The first kappa shape index (κ1) is 14.8. The average molecular weight is 278 g/mol. The van der Waals surface area contributed by atoms with Gasteiger partial charge in [0.15, 0.2) is 0 Å². The van der Waals surface area contributed by atoms with Crippen molar-refractivity contribution in [2.24, 2.45) is 5.92 Å². The molecule has 1 amide bonds. The highest BCUT2D eigenvalue weighted by molar-refractivity contribution is 5.96. The van der Waals surface area contributed by atoms with Gasteiger partial charge >= 0.3 is 0 Å². The number of para-hydroxylation sites is 2. The molecule has 110 valence electrons. The fourth-order valence-electron chi connectivity index (χ4n) is 2.09. The second-order valence-corrected chi connectivity index (χ2v) is 5.54. The lowest BCUT2D eigenvalue weighted by Crippen LogP contribution is -2.35. The molecular weight excluding hydrogens is 256 g/mol. The van der Waals surface area contributed by atoms with Gasteiger partial charge in [-0.1, -0.05) is 26.0 Å². The third-order valence-corrected chi connectivity index (χ3v) is 3.14. The highest BCUT2D eigenvalue weighted by Gasteiger charge is 2.28. The number of hydrogen-bond acceptors (Lipinski definition) is 4. The third kappa shape index (κ3) is 3.95. The minimum atomic E-state index is -0.446. The Morgan fingerprint density at radius 3 is 2.90 bits per heavy atom. The highest BCUT2D eigenvalue weighted by atomic mass is 16.5. The summed E-state index contributed by atoms with van der Waals surface area (Å²) in [5.74, 6) is 0.959. The number of hydrogen-bond donors (Lipinski definition) is 3. The number of anilines is 1. The van der Waals surface area contributed by atoms with Gasteiger partial charge in [-0.3, -0.25) is 4.79 Å². The smallest absolute Gasteiger partial charge is 0.241 e. The Hall–Kier alpha value is -1.59. The number of carbonyl (C=O) groups excluding carboxylic acids is 1. The van der Waals surface area contributed by atoms with Crippen LogP contribution >= 0.6 is 0 Å². The summed E-state index contributed by atoms with van der Waals surface area (Å²) >= 11 is 0. The topological polar surface area (TPSA) is 70.6 Å². The van der Waals surface area contributed by atoms with Crippen molar-refractivity contribution in [2.75, 3.05) is 18.5 Å². The number of amides is 1. The van der Waals surface area contributed by atoms with E-state index in [1.165, 1.54) is 0 Å². The molecule has 0 saturated carbocycles. The van der Waals surface area contributed by atoms with Crippen molar-refractivity contribution in [1.29, 1.82) is 0 Å². The van der Waals surface area contributed by atoms with Crippen LogP contribution in [0.5, 0.6) is 5.75 Å². The molecule has 2 atom stereocenters. The summed E-state index contributed by atoms with van der Waals surface area (Å²) in [7, 11) is 0. The predicted molar refractivity (Wildman–Crippen MR) is 77.8 cm³/mol. The maximum absolute atomic E-state index is 12.1. The van der Waals surface area contributed by atoms with Crippen molar-refractivity contribution < 1.29 is 14.6 Å². The summed E-state index contributed by atoms with van der Waals surface area (Å²) in [6, 6.07) is 7.05. The molecule has 1 aromatic rings. The summed E-state index contributed by atoms with van der Waals surface area (Å²) in [6.45, 7) is 5.22. The normalized spacial score (nSPS) is 22.0. The number of nitrogens with one attached hydrogen (secondary N) is 2. The molecule has 1 aliphatic rings. The second-order valence-electron chi connectivity index (χ2n) is 5.54. The zero-order valence-electron chi connectivity index (χ0n) is 11.9. The van der Waals surface area contributed by atoms with Gasteiger partial charge in [0.2, 0.25) is 5.91 Å². The largest absolute Gasteiger partial charge is 0.491 e. The highest BCUT2D eigenvalue weighted by Crippen LogP contribution is 2.25. The van der Waals surface area contributed by atoms with Crippen molar-refractivity contribution in [1.82, 2.24) is 5.32 Å². The zero-order valence-corrected chi connectivity index (χ0v) is 11.9. The van der Waals surface area contributed by atoms with Crippen LogP contribution in [0.4, 0.5) is 5.69 Å². The van der Waals surface area contributed by atoms with Gasteiger partial charge in [0.25, 0.3) is 0 Å². The van der Waals surface area contributed by atoms with Crippen LogP contribution in [-0.4, -0.2) is 36.3 Å². The molecule has 1 heterocycles. The molecule has 20 heavy (non-hydrogen) atoms. The summed E-state index contributed by atoms with van der Waals surface area (Å²) in [6.07, 6.45) is -0.000836. The number of benzene rings is 1. The van der Waals surface area contributed by atoms with E-state index in [1.54, 1.807) is 0 Å². The molecule has 0 spiro atoms. The predicted octanol–water partition coefficient (Wildman–Crippen LogP) is 1.38. The molecular formula is C15H22N2O3. The fourth-order valence-corrected chi connectivity index (χ4v) is 2.09. The van der Waals surface area contributed by atoms with E-state index in [0.717, 1.165) is 0 Å². The third-order valence-electron chi connectivity index (χ3n) is 3.14. The molecule has 2 unspecified atom stereocenters. The van der Waals surface area contributed by atoms with E-state index in [4.69, 9.17) is 4.74 Å². The Morgan fingerprint density at radius 2 is 2.25 bits per heavy atom. The standard InChI is InChI=1S/C15H22N2O3/c1-10(2)9-20-14-6-4-3-5-12(14)17-15(19)13-7-11(18)8-16-13/h3-6,10-11,13,16,18H,7-9H2,1-2H3,(H,17,19). The Bertz CT molecular complexity index is 462. The van der Waals surface area contributed by atoms with E-state index in [1.807, 2.05) is 24.3 Å². The van der Waals surface area contributed by atoms with Crippen LogP contribution in [0.1, 0.15) is 20.3 Å². The second kappa shape index (κ2) is 6.72. The van der Waals surface area contributed by atoms with Crippen LogP contribution in [-0.2, 0) is 4.79 Å². The number of rotatable bonds is 5. The van der Waals surface area contributed by atoms with Gasteiger partial charge in [0.1, 0.15) is 5.75 Å². The van der Waals surface area contributed by atoms with E-state index in [-0.39, 0.29) is 11.9 Å². The number of ether oxygens (including phenoxy) is 1. The molecule has 5 nitrogen and oxygen atoms in total. The molecule has 1 aliphatic heterocycles. The van der Waals surface area contributed by atoms with E-state index < -0.39 is 6.10 Å². The SMILES string of the molecule is CC(C)COc1ccccc1NC(=O)C1CC(O)CN1. The van der Waals surface area contributed by atoms with E-state index >= 15 is 0 Å². The molecule has 0 radical (unpaired) electrons. The van der Waals surface area contributed by atoms with Crippen molar-refractivity contribution in [3.8, 4) is 5.75 Å². The molecule has 5 heteroatoms. The van der Waals surface area contributed by atoms with Gasteiger partial charge in [-0.05, 0) is 24.5 Å². The summed E-state index contributed by atoms with van der Waals surface area (Å²) in [4.78, 5) is 12.1. The van der Waals surface area contributed by atoms with Crippen LogP contribution in [0, 0.1) is 5.92 Å². The molecule has 0 aromatic heterocycles. The first-order valence-corrected chi connectivity index (χ1v) is 7.00. The van der Waals surface area contributed by atoms with Crippen molar-refractivity contribution >= 4 is 11.6 Å². The van der Waals surface area contributed by atoms with Gasteiger partial charge in [-0.25, -0.2) is 0 Å². The van der Waals surface area contributed by atoms with Gasteiger partial charge in [-0.2, -0.15) is 0 Å². The molecule has 1 aromatic carbocycles. The molecule has 1 saturated heterocycles. The lowest BCUT2D eigenvalue weighted by molar-refractivity contribution is -0.117. The molecule has 2 rings (SSSR count). The van der Waals surface area contributed by atoms with E-state index in [2.05, 4.69) is 24.5 Å². The Morgan fingerprint density at radius 1 is 1.50 bits per heavy atom. The minimum absolute atomic E-state index is 0.137. The van der Waals surface area contributed by atoms with Crippen molar-refractivity contribution in [3.05, 3.63) is 24.3 Å². The maximum atomic E-state index is 12.1. The van der Waals surface area contributed by atoms with Gasteiger partial charge in [0.05, 0.1) is 24.4 Å². The Balaban J connectivity index is 1.99.